The van der Waals surface area contributed by atoms with Gasteiger partial charge in [-0.15, -0.1) is 0 Å². The average Bonchev–Trinajstić information content (AvgIpc) is 1.66. The third-order valence-corrected chi connectivity index (χ3v) is 15.9. The number of amides is 10. The van der Waals surface area contributed by atoms with E-state index in [0.29, 0.717) is 39.7 Å². The van der Waals surface area contributed by atoms with Gasteiger partial charge < -0.3 is 83.8 Å². The molecule has 10 amide bonds. The first-order chi connectivity index (χ1) is 43.8. The van der Waals surface area contributed by atoms with Crippen molar-refractivity contribution in [3.05, 3.63) is 120 Å². The first-order valence-electron chi connectivity index (χ1n) is 29.6. The number of likely N-dealkylation sites (tertiary alicyclic amines) is 1. The van der Waals surface area contributed by atoms with Crippen LogP contribution >= 0.6 is 25.3 Å². The number of nitrogens with zero attached hydrogens (tertiary/aromatic N) is 2. The molecule has 6 rings (SSSR count). The van der Waals surface area contributed by atoms with Gasteiger partial charge in [-0.05, 0) is 67.0 Å². The van der Waals surface area contributed by atoms with E-state index < -0.39 is 144 Å². The van der Waals surface area contributed by atoms with Crippen molar-refractivity contribution in [3.8, 4) is 5.75 Å². The lowest BCUT2D eigenvalue weighted by Crippen LogP contribution is -2.60. The number of para-hydroxylation sites is 1. The number of nitrogens with two attached hydrogens (primary N) is 1. The van der Waals surface area contributed by atoms with Gasteiger partial charge in [0.15, 0.2) is 0 Å². The number of aromatic amines is 2. The fourth-order valence-electron chi connectivity index (χ4n) is 10.00. The summed E-state index contributed by atoms with van der Waals surface area (Å²) in [6.07, 6.45) is 3.33. The van der Waals surface area contributed by atoms with Crippen molar-refractivity contribution in [1.82, 2.24) is 67.7 Å². The Bertz CT molecular complexity index is 3410. The Kier molecular flexibility index (Phi) is 26.9. The Morgan fingerprint density at radius 2 is 1.17 bits per heavy atom. The molecule has 29 nitrogen and oxygen atoms in total. The zero-order valence-corrected chi connectivity index (χ0v) is 52.5. The van der Waals surface area contributed by atoms with E-state index in [1.54, 1.807) is 74.6 Å². The predicted octanol–water partition coefficient (Wildman–Crippen LogP) is -1.34. The third kappa shape index (κ3) is 21.0. The van der Waals surface area contributed by atoms with Crippen molar-refractivity contribution >= 4 is 107 Å². The van der Waals surface area contributed by atoms with Gasteiger partial charge in [0.25, 0.3) is 0 Å². The third-order valence-electron chi connectivity index (χ3n) is 15.2. The number of phenols is 1. The zero-order valence-electron chi connectivity index (χ0n) is 50.7. The second-order valence-electron chi connectivity index (χ2n) is 22.4. The van der Waals surface area contributed by atoms with Gasteiger partial charge in [0.1, 0.15) is 60.1 Å². The molecule has 31 heteroatoms. The molecule has 0 aliphatic carbocycles. The van der Waals surface area contributed by atoms with Crippen molar-refractivity contribution in [1.29, 1.82) is 0 Å². The van der Waals surface area contributed by atoms with Crippen LogP contribution in [0.4, 0.5) is 0 Å². The molecule has 3 aromatic carbocycles. The van der Waals surface area contributed by atoms with E-state index >= 15 is 0 Å². The molecule has 16 N–H and O–H groups in total. The Labute approximate surface area is 539 Å². The normalized spacial score (nSPS) is 15.8. The molecule has 2 aromatic heterocycles. The number of aromatic hydroxyl groups is 1. The molecule has 0 unspecified atom stereocenters. The van der Waals surface area contributed by atoms with Crippen molar-refractivity contribution in [2.24, 2.45) is 11.7 Å². The van der Waals surface area contributed by atoms with Crippen LogP contribution in [0.2, 0.25) is 0 Å². The minimum Gasteiger partial charge on any atom is -0.508 e. The number of nitrogens with one attached hydrogen (secondary N) is 11. The lowest BCUT2D eigenvalue weighted by Gasteiger charge is -2.30. The Morgan fingerprint density at radius 1 is 0.620 bits per heavy atom. The zero-order chi connectivity index (χ0) is 67.2. The summed E-state index contributed by atoms with van der Waals surface area (Å²) in [6, 6.07) is 7.96. The van der Waals surface area contributed by atoms with Crippen LogP contribution in [-0.2, 0) is 83.2 Å². The highest BCUT2D eigenvalue weighted by Gasteiger charge is 2.40. The molecule has 0 saturated carbocycles. The topological polar surface area (TPSA) is 448 Å². The summed E-state index contributed by atoms with van der Waals surface area (Å²) < 4.78 is 0. The van der Waals surface area contributed by atoms with Crippen LogP contribution in [-0.4, -0.2) is 191 Å². The summed E-state index contributed by atoms with van der Waals surface area (Å²) in [5, 5.41) is 52.8. The summed E-state index contributed by atoms with van der Waals surface area (Å²) in [7, 11) is 0. The Balaban J connectivity index is 1.17. The van der Waals surface area contributed by atoms with Crippen molar-refractivity contribution in [2.75, 3.05) is 24.6 Å². The summed E-state index contributed by atoms with van der Waals surface area (Å²) in [5.74, 6) is -11.9. The van der Waals surface area contributed by atoms with Gasteiger partial charge in [-0.25, -0.2) is 9.78 Å². The average molecular weight is 1310 g/mol. The van der Waals surface area contributed by atoms with Crippen LogP contribution in [0.15, 0.2) is 97.6 Å². The number of hydrogen-bond donors (Lipinski definition) is 17. The second kappa shape index (κ2) is 34.6. The number of thiol groups is 2. The molecule has 494 valence electrons. The van der Waals surface area contributed by atoms with Gasteiger partial charge in [0.2, 0.25) is 59.1 Å². The van der Waals surface area contributed by atoms with Crippen molar-refractivity contribution in [2.45, 2.75) is 133 Å². The molecule has 0 spiro atoms. The maximum atomic E-state index is 14.5. The molecule has 0 bridgehead atoms. The molecular formula is C61H78N14O15S2. The number of phenolic OH excluding ortho intramolecular Hbond substituents is 1. The van der Waals surface area contributed by atoms with Crippen LogP contribution < -0.4 is 53.6 Å². The first-order valence-corrected chi connectivity index (χ1v) is 30.9. The van der Waals surface area contributed by atoms with E-state index in [1.807, 2.05) is 0 Å². The SMILES string of the molecule is CC(C)[C@H](N)C(=O)N[C@@H](CCC(=O)O)C(=O)N[C@@H](Cc1ccccc1)C(=O)N[C@@H](Cc1ccc(O)cc1)C(=O)N[C@@H](C)C(=O)N1CCC[C@H]1C(=O)N[C@@H](Cc1c[nH]c2ccccc12)C(=O)N[C@@H](CS)C(=O)NCC(=O)N[C@@H](Cc1cnc[nH]1)C(=O)N[C@@H](CS)C(=O)O. The summed E-state index contributed by atoms with van der Waals surface area (Å²) >= 11 is 8.26. The predicted molar refractivity (Wildman–Crippen MR) is 340 cm³/mol. The lowest BCUT2D eigenvalue weighted by atomic mass is 10.0. The maximum Gasteiger partial charge on any atom is 0.327 e. The minimum absolute atomic E-state index is 0.0465. The van der Waals surface area contributed by atoms with E-state index in [4.69, 9.17) is 5.73 Å². The molecule has 1 aliphatic heterocycles. The number of rotatable bonds is 34. The maximum absolute atomic E-state index is 14.5. The molecule has 0 radical (unpaired) electrons. The van der Waals surface area contributed by atoms with Gasteiger partial charge in [-0.2, -0.15) is 25.3 Å². The van der Waals surface area contributed by atoms with E-state index in [-0.39, 0.29) is 68.2 Å². The number of H-pyrrole nitrogens is 2. The molecule has 1 saturated heterocycles. The largest absolute Gasteiger partial charge is 0.508 e. The first kappa shape index (κ1) is 71.6. The summed E-state index contributed by atoms with van der Waals surface area (Å²) in [5.41, 5.74) is 8.80. The van der Waals surface area contributed by atoms with Crippen LogP contribution in [0.1, 0.15) is 68.8 Å². The van der Waals surface area contributed by atoms with Crippen molar-refractivity contribution in [3.63, 3.8) is 0 Å². The van der Waals surface area contributed by atoms with E-state index in [2.05, 4.69) is 88.1 Å². The fourth-order valence-corrected chi connectivity index (χ4v) is 10.5. The minimum atomic E-state index is -1.47. The molecule has 3 heterocycles. The number of hydrogen-bond acceptors (Lipinski definition) is 17. The molecule has 10 atom stereocenters. The van der Waals surface area contributed by atoms with Gasteiger partial charge in [-0.3, -0.25) is 52.7 Å². The van der Waals surface area contributed by atoms with Gasteiger partial charge in [0, 0.05) is 79.1 Å². The number of aromatic nitrogens is 3. The van der Waals surface area contributed by atoms with Crippen LogP contribution in [0.5, 0.6) is 5.75 Å². The summed E-state index contributed by atoms with van der Waals surface area (Å²) in [4.78, 5) is 174. The Hall–Kier alpha value is -9.49. The van der Waals surface area contributed by atoms with E-state index in [1.165, 1.54) is 48.6 Å². The highest BCUT2D eigenvalue weighted by atomic mass is 32.1. The number of fused-ring (bicyclic) bond motifs is 1. The molecule has 1 aliphatic rings. The summed E-state index contributed by atoms with van der Waals surface area (Å²) in [6.45, 7) is 4.08. The lowest BCUT2D eigenvalue weighted by molar-refractivity contribution is -0.142. The molecule has 5 aromatic rings. The quantitative estimate of drug-likeness (QED) is 0.0212. The Morgan fingerprint density at radius 3 is 1.77 bits per heavy atom. The standard InChI is InChI=1S/C61H78N14O15S2/c1-32(2)51(62)59(87)69-41(19-20-50(78)79)53(81)70-43(22-34-10-5-4-6-11-34)55(83)71-42(23-35-15-17-38(76)18-16-35)54(82)67-33(3)60(88)75-21-9-14-48(75)58(86)72-44(24-36-26-64-40-13-8-7-12-39(36)40)56(84)73-46(29-91)52(80)65-28-49(77)68-45(25-37-27-63-31-66-37)57(85)74-47(30-92)61(89)90/h4-8,10-13,15-18,26-27,31-33,41-48,51,64,76,91-92H,9,14,19-25,28-30,62H2,1-3H3,(H,63,66)(H,65,80)(H,67,82)(H,68,77)(H,69,87)(H,70,81)(H,71,83)(H,72,86)(H,73,84)(H,74,85)(H,78,79)(H,89,90)/t33-,41-,42-,43-,44-,45-,46-,47-,48-,51-/m0/s1. The monoisotopic (exact) mass is 1310 g/mol. The number of carbonyl (C=O) groups is 12. The second-order valence-corrected chi connectivity index (χ2v) is 23.2. The highest BCUT2D eigenvalue weighted by Crippen LogP contribution is 2.23. The van der Waals surface area contributed by atoms with Crippen molar-refractivity contribution < 1.29 is 72.9 Å². The van der Waals surface area contributed by atoms with Crippen LogP contribution in [0.25, 0.3) is 10.9 Å². The smallest absolute Gasteiger partial charge is 0.327 e. The highest BCUT2D eigenvalue weighted by molar-refractivity contribution is 7.80. The van der Waals surface area contributed by atoms with Gasteiger partial charge >= 0.3 is 11.9 Å². The van der Waals surface area contributed by atoms with Gasteiger partial charge in [-0.1, -0.05) is 74.5 Å². The number of benzene rings is 3. The van der Waals surface area contributed by atoms with E-state index in [0.717, 1.165) is 0 Å². The molecule has 92 heavy (non-hydrogen) atoms. The van der Waals surface area contributed by atoms with Crippen LogP contribution in [0.3, 0.4) is 0 Å². The van der Waals surface area contributed by atoms with Crippen LogP contribution in [0, 0.1) is 5.92 Å². The number of carboxylic acids is 2. The fraction of sp³-hybridized carbons (Fsp3) is 0.426. The van der Waals surface area contributed by atoms with Gasteiger partial charge in [0.05, 0.1) is 18.9 Å². The number of carboxylic acid groups (broad SMARTS) is 2. The number of aliphatic carboxylic acids is 2. The molecular weight excluding hydrogens is 1230 g/mol. The van der Waals surface area contributed by atoms with E-state index in [9.17, 15) is 72.9 Å². The molecule has 1 fully saturated rings. The number of imidazole rings is 1. The number of carbonyl (C=O) groups excluding carboxylic acids is 10.